The van der Waals surface area contributed by atoms with Gasteiger partial charge in [0.15, 0.2) is 37.9 Å². The van der Waals surface area contributed by atoms with Crippen LogP contribution in [0.3, 0.4) is 0 Å². The van der Waals surface area contributed by atoms with Crippen molar-refractivity contribution in [1.82, 2.24) is 9.80 Å². The molecule has 4 aromatic heterocycles. The average molecular weight is 845 g/mol. The number of nitrogens with zero attached hydrogens (tertiary/aromatic N) is 4. The van der Waals surface area contributed by atoms with Crippen molar-refractivity contribution in [3.63, 3.8) is 0 Å². The number of amides is 2. The van der Waals surface area contributed by atoms with Gasteiger partial charge in [-0.05, 0) is 48.5 Å². The first-order chi connectivity index (χ1) is 29.3. The van der Waals surface area contributed by atoms with Crippen LogP contribution in [0.25, 0.3) is 30.6 Å². The van der Waals surface area contributed by atoms with Crippen molar-refractivity contribution in [1.29, 1.82) is 0 Å². The first-order valence-corrected chi connectivity index (χ1v) is 23.7. The van der Waals surface area contributed by atoms with Crippen molar-refractivity contribution in [2.45, 2.75) is 105 Å². The lowest BCUT2D eigenvalue weighted by atomic mass is 10.2. The maximum atomic E-state index is 12.6. The molecule has 0 aliphatic carbocycles. The molecule has 0 saturated heterocycles. The van der Waals surface area contributed by atoms with Gasteiger partial charge < -0.3 is 9.80 Å². The third-order valence-electron chi connectivity index (χ3n) is 10.3. The third-order valence-corrected chi connectivity index (χ3v) is 12.8. The van der Waals surface area contributed by atoms with E-state index in [-0.39, 0.29) is 11.8 Å². The third kappa shape index (κ3) is 15.9. The second kappa shape index (κ2) is 27.0. The van der Waals surface area contributed by atoms with Crippen LogP contribution in [-0.2, 0) is 13.1 Å². The number of benzene rings is 2. The fourth-order valence-electron chi connectivity index (χ4n) is 6.48. The van der Waals surface area contributed by atoms with Crippen LogP contribution in [0.4, 0.5) is 0 Å². The van der Waals surface area contributed by atoms with Crippen molar-refractivity contribution in [3.8, 4) is 30.6 Å². The molecule has 0 aliphatic heterocycles. The minimum Gasteiger partial charge on any atom is -0.335 e. The molecule has 6 aromatic rings. The Balaban J connectivity index is 0.000000488. The molecule has 2 amide bonds. The second-order valence-corrected chi connectivity index (χ2v) is 17.5. The molecule has 318 valence electrons. The molecule has 0 bridgehead atoms. The fourth-order valence-corrected chi connectivity index (χ4v) is 8.60. The number of pyridine rings is 2. The largest absolute Gasteiger partial charge is 0.335 e. The quantitative estimate of drug-likeness (QED) is 0.0602. The molecular weight excluding hydrogens is 777 g/mol. The molecule has 0 spiro atoms. The van der Waals surface area contributed by atoms with Crippen molar-refractivity contribution in [3.05, 3.63) is 145 Å². The zero-order valence-electron chi connectivity index (χ0n) is 37.0. The van der Waals surface area contributed by atoms with Crippen LogP contribution in [0.1, 0.15) is 113 Å². The first-order valence-electron chi connectivity index (χ1n) is 22.1. The topological polar surface area (TPSA) is 48.4 Å². The van der Waals surface area contributed by atoms with Crippen LogP contribution < -0.4 is 9.13 Å². The second-order valence-electron chi connectivity index (χ2n) is 15.3. The molecule has 8 heteroatoms. The predicted octanol–water partition coefficient (Wildman–Crippen LogP) is 12.9. The number of hydrogen-bond acceptors (Lipinski definition) is 4. The molecule has 4 heterocycles. The maximum absolute atomic E-state index is 12.6. The molecule has 2 aromatic carbocycles. The van der Waals surface area contributed by atoms with E-state index in [1.807, 2.05) is 74.8 Å². The highest BCUT2D eigenvalue weighted by molar-refractivity contribution is 7.25. The van der Waals surface area contributed by atoms with Gasteiger partial charge in [-0.2, -0.15) is 0 Å². The van der Waals surface area contributed by atoms with Gasteiger partial charge >= 0.3 is 0 Å². The Morgan fingerprint density at radius 3 is 1.07 bits per heavy atom. The van der Waals surface area contributed by atoms with E-state index in [1.54, 1.807) is 32.5 Å². The van der Waals surface area contributed by atoms with E-state index in [2.05, 4.69) is 110 Å². The number of hydrogen-bond donors (Lipinski definition) is 0. The van der Waals surface area contributed by atoms with Crippen LogP contribution in [0, 0.1) is 0 Å². The van der Waals surface area contributed by atoms with E-state index >= 15 is 0 Å². The zero-order chi connectivity index (χ0) is 43.0. The van der Waals surface area contributed by atoms with Crippen LogP contribution in [0.2, 0.25) is 0 Å². The lowest BCUT2D eigenvalue weighted by Crippen LogP contribution is -2.40. The first kappa shape index (κ1) is 47.8. The Hall–Kier alpha value is -4.92. The Bertz CT molecular complexity index is 1920. The van der Waals surface area contributed by atoms with Gasteiger partial charge in [-0.3, -0.25) is 9.59 Å². The molecule has 0 saturated carbocycles. The number of carbonyl (C=O) groups excluding carboxylic acids is 2. The summed E-state index contributed by atoms with van der Waals surface area (Å²) in [5, 5.41) is 0. The highest BCUT2D eigenvalue weighted by Gasteiger charge is 2.16. The smallest absolute Gasteiger partial charge is 0.253 e. The van der Waals surface area contributed by atoms with E-state index in [0.29, 0.717) is 24.2 Å². The Kier molecular flexibility index (Phi) is 21.5. The van der Waals surface area contributed by atoms with E-state index in [0.717, 1.165) is 13.1 Å². The van der Waals surface area contributed by atoms with E-state index < -0.39 is 0 Å². The van der Waals surface area contributed by atoms with Gasteiger partial charge in [0.05, 0.1) is 13.1 Å². The highest BCUT2D eigenvalue weighted by Crippen LogP contribution is 2.40. The number of aromatic nitrogens is 2. The summed E-state index contributed by atoms with van der Waals surface area (Å²) in [5.74, 6) is 0.0713. The Morgan fingerprint density at radius 1 is 0.433 bits per heavy atom. The number of carbonyl (C=O) groups is 2. The molecule has 0 radical (unpaired) electrons. The van der Waals surface area contributed by atoms with Gasteiger partial charge in [0.25, 0.3) is 11.8 Å². The monoisotopic (exact) mass is 844 g/mol. The molecule has 0 fully saturated rings. The van der Waals surface area contributed by atoms with Crippen LogP contribution in [0.5, 0.6) is 0 Å². The van der Waals surface area contributed by atoms with Gasteiger partial charge in [0.2, 0.25) is 0 Å². The molecule has 0 unspecified atom stereocenters. The van der Waals surface area contributed by atoms with Crippen molar-refractivity contribution in [2.24, 2.45) is 0 Å². The van der Waals surface area contributed by atoms with Gasteiger partial charge in [-0.15, -0.1) is 22.7 Å². The molecule has 0 atom stereocenters. The summed E-state index contributed by atoms with van der Waals surface area (Å²) >= 11 is 3.60. The van der Waals surface area contributed by atoms with Crippen molar-refractivity contribution >= 4 is 34.5 Å². The molecular formula is C52H68N4O2S2+2. The average Bonchev–Trinajstić information content (AvgIpc) is 4.00. The molecule has 0 N–H and O–H groups in total. The van der Waals surface area contributed by atoms with Gasteiger partial charge in [-0.1, -0.05) is 128 Å². The molecule has 0 aliphatic rings. The minimum atomic E-state index is 0.0356. The summed E-state index contributed by atoms with van der Waals surface area (Å²) in [7, 11) is 3.69. The van der Waals surface area contributed by atoms with Crippen LogP contribution >= 0.6 is 22.7 Å². The van der Waals surface area contributed by atoms with E-state index in [4.69, 9.17) is 0 Å². The van der Waals surface area contributed by atoms with Crippen LogP contribution in [0.15, 0.2) is 134 Å². The standard InChI is InChI=1S/C38H36N4O2S2.2C7H16/c1-39(37(43)31-9-5-3-6-10-31)25-27-41-21-17-29(18-22-41)33-13-15-35(45-33)36-16-14-34(46-36)30-19-23-42(24-20-30)28-26-40(2)38(44)32-11-7-4-8-12-32;2*1-3-5-7-6-4-2/h3-24H,25-28H2,1-2H3;2*3-7H2,1-2H3/q+2;;. The molecule has 6 rings (SSSR count). The fraction of sp³-hybridized carbons (Fsp3) is 0.385. The zero-order valence-corrected chi connectivity index (χ0v) is 38.7. The number of likely N-dealkylation sites (N-methyl/N-ethyl adjacent to an activating group) is 2. The maximum Gasteiger partial charge on any atom is 0.253 e. The lowest BCUT2D eigenvalue weighted by molar-refractivity contribution is -0.696. The summed E-state index contributed by atoms with van der Waals surface area (Å²) in [6, 6.07) is 36.2. The Labute approximate surface area is 369 Å². The number of unbranched alkanes of at least 4 members (excludes halogenated alkanes) is 8. The lowest BCUT2D eigenvalue weighted by Gasteiger charge is -2.15. The van der Waals surface area contributed by atoms with Crippen molar-refractivity contribution in [2.75, 3.05) is 27.2 Å². The molecule has 6 nitrogen and oxygen atoms in total. The SMILES string of the molecule is CCCCCCC.CCCCCCC.CN(CC[n+]1ccc(-c2ccc(-c3ccc(-c4cc[n+](CCN(C)C(=O)c5ccccc5)cc4)s3)s2)cc1)C(=O)c1ccccc1. The van der Waals surface area contributed by atoms with E-state index in [9.17, 15) is 9.59 Å². The van der Waals surface area contributed by atoms with Crippen molar-refractivity contribution < 1.29 is 18.7 Å². The molecule has 60 heavy (non-hydrogen) atoms. The summed E-state index contributed by atoms with van der Waals surface area (Å²) in [6.45, 7) is 11.7. The van der Waals surface area contributed by atoms with Gasteiger partial charge in [0.1, 0.15) is 0 Å². The van der Waals surface area contributed by atoms with E-state index in [1.165, 1.54) is 94.8 Å². The normalized spacial score (nSPS) is 10.6. The van der Waals surface area contributed by atoms with Crippen LogP contribution in [-0.4, -0.2) is 48.8 Å². The predicted molar refractivity (Wildman–Crippen MR) is 255 cm³/mol. The Morgan fingerprint density at radius 2 is 0.750 bits per heavy atom. The number of rotatable bonds is 19. The summed E-state index contributed by atoms with van der Waals surface area (Å²) in [6.07, 6.45) is 22.3. The summed E-state index contributed by atoms with van der Waals surface area (Å²) < 4.78 is 4.23. The summed E-state index contributed by atoms with van der Waals surface area (Å²) in [4.78, 5) is 33.7. The van der Waals surface area contributed by atoms with Gasteiger partial charge in [-0.25, -0.2) is 9.13 Å². The summed E-state index contributed by atoms with van der Waals surface area (Å²) in [5.41, 5.74) is 3.79. The highest BCUT2D eigenvalue weighted by atomic mass is 32.1. The minimum absolute atomic E-state index is 0.0356. The number of thiophene rings is 2. The van der Waals surface area contributed by atoms with Gasteiger partial charge in [0, 0.05) is 80.1 Å².